The molecular formula is C76H142O6. The Morgan fingerprint density at radius 3 is 0.634 bits per heavy atom. The standard InChI is InChI=1S/C76H142O6/c1-4-7-10-13-16-19-22-25-27-29-31-33-35-36-37-38-39-40-42-43-45-47-49-51-54-57-60-63-66-69-75(78)81-72-73(71-80-74(77)68-65-62-59-56-53-24-21-18-15-12-9-6-3)82-76(79)70-67-64-61-58-55-52-50-48-46-44-41-34-32-30-28-26-23-20-17-14-11-8-5-2/h18,21,29-32,73H,4-17,19-20,22-28,33-72H2,1-3H3/b21-18-,31-29-,32-30-. The maximum absolute atomic E-state index is 13.0. The molecule has 0 fully saturated rings. The third-order valence-electron chi connectivity index (χ3n) is 16.8. The number of carbonyl (C=O) groups is 3. The highest BCUT2D eigenvalue weighted by atomic mass is 16.6. The quantitative estimate of drug-likeness (QED) is 0.0261. The Bertz CT molecular complexity index is 1370. The van der Waals surface area contributed by atoms with Crippen molar-refractivity contribution < 1.29 is 28.6 Å². The van der Waals surface area contributed by atoms with E-state index in [4.69, 9.17) is 14.2 Å². The predicted octanol–water partition coefficient (Wildman–Crippen LogP) is 25.5. The molecule has 0 saturated heterocycles. The van der Waals surface area contributed by atoms with Gasteiger partial charge in [-0.15, -0.1) is 0 Å². The summed E-state index contributed by atoms with van der Waals surface area (Å²) in [5.74, 6) is -0.852. The number of hydrogen-bond donors (Lipinski definition) is 0. The minimum Gasteiger partial charge on any atom is -0.462 e. The molecular weight excluding hydrogens is 1010 g/mol. The van der Waals surface area contributed by atoms with Crippen molar-refractivity contribution in [1.29, 1.82) is 0 Å². The molecule has 0 aliphatic rings. The Morgan fingerprint density at radius 1 is 0.232 bits per heavy atom. The van der Waals surface area contributed by atoms with Crippen LogP contribution < -0.4 is 0 Å². The average Bonchev–Trinajstić information content (AvgIpc) is 3.47. The van der Waals surface area contributed by atoms with Gasteiger partial charge in [-0.1, -0.05) is 333 Å². The van der Waals surface area contributed by atoms with E-state index in [0.29, 0.717) is 19.3 Å². The summed E-state index contributed by atoms with van der Waals surface area (Å²) in [4.78, 5) is 38.4. The van der Waals surface area contributed by atoms with Gasteiger partial charge >= 0.3 is 17.9 Å². The van der Waals surface area contributed by atoms with Crippen LogP contribution in [0.5, 0.6) is 0 Å². The molecule has 482 valence electrons. The molecule has 0 amide bonds. The Morgan fingerprint density at radius 2 is 0.402 bits per heavy atom. The number of carbonyl (C=O) groups excluding carboxylic acids is 3. The first-order valence-electron chi connectivity index (χ1n) is 37.0. The minimum absolute atomic E-state index is 0.0703. The van der Waals surface area contributed by atoms with Gasteiger partial charge in [-0.3, -0.25) is 14.4 Å². The Kier molecular flexibility index (Phi) is 69.1. The molecule has 6 nitrogen and oxygen atoms in total. The summed E-state index contributed by atoms with van der Waals surface area (Å²) in [6.45, 7) is 6.68. The molecule has 0 radical (unpaired) electrons. The molecule has 0 aromatic rings. The van der Waals surface area contributed by atoms with Gasteiger partial charge in [-0.2, -0.15) is 0 Å². The molecule has 0 N–H and O–H groups in total. The lowest BCUT2D eigenvalue weighted by Gasteiger charge is -2.18. The second kappa shape index (κ2) is 71.1. The second-order valence-corrected chi connectivity index (χ2v) is 25.2. The van der Waals surface area contributed by atoms with Gasteiger partial charge in [0.1, 0.15) is 13.2 Å². The van der Waals surface area contributed by atoms with Crippen molar-refractivity contribution in [2.24, 2.45) is 0 Å². The smallest absolute Gasteiger partial charge is 0.306 e. The van der Waals surface area contributed by atoms with E-state index < -0.39 is 6.10 Å². The highest BCUT2D eigenvalue weighted by Crippen LogP contribution is 2.19. The number of hydrogen-bond acceptors (Lipinski definition) is 6. The Labute approximate surface area is 512 Å². The van der Waals surface area contributed by atoms with E-state index >= 15 is 0 Å². The third-order valence-corrected chi connectivity index (χ3v) is 16.8. The molecule has 0 saturated carbocycles. The lowest BCUT2D eigenvalue weighted by Crippen LogP contribution is -2.30. The van der Waals surface area contributed by atoms with Gasteiger partial charge in [0, 0.05) is 19.3 Å². The number of esters is 3. The molecule has 0 heterocycles. The van der Waals surface area contributed by atoms with Crippen molar-refractivity contribution in [2.45, 2.75) is 419 Å². The first-order chi connectivity index (χ1) is 40.5. The van der Waals surface area contributed by atoms with Crippen LogP contribution in [-0.4, -0.2) is 37.2 Å². The fraction of sp³-hybridized carbons (Fsp3) is 0.882. The number of unbranched alkanes of at least 4 members (excludes halogenated alkanes) is 52. The van der Waals surface area contributed by atoms with Crippen LogP contribution in [0.3, 0.4) is 0 Å². The molecule has 0 aliphatic heterocycles. The zero-order valence-corrected chi connectivity index (χ0v) is 55.5. The Balaban J connectivity index is 4.16. The molecule has 82 heavy (non-hydrogen) atoms. The van der Waals surface area contributed by atoms with Crippen molar-refractivity contribution in [2.75, 3.05) is 13.2 Å². The fourth-order valence-electron chi connectivity index (χ4n) is 11.3. The molecule has 0 bridgehead atoms. The van der Waals surface area contributed by atoms with Gasteiger partial charge in [-0.25, -0.2) is 0 Å². The SMILES string of the molecule is CCCCC/C=C\CCCCCCCC(=O)OCC(COC(=O)CCCCCCCCCCCCCCCCCCC/C=C\CCCCCCCCCC)OC(=O)CCCCCCCCCCCCC/C=C\CCCCCCCCCC. The van der Waals surface area contributed by atoms with E-state index in [9.17, 15) is 14.4 Å². The molecule has 0 aromatic carbocycles. The molecule has 0 aliphatic carbocycles. The van der Waals surface area contributed by atoms with Gasteiger partial charge in [-0.05, 0) is 96.3 Å². The van der Waals surface area contributed by atoms with Gasteiger partial charge < -0.3 is 14.2 Å². The highest BCUT2D eigenvalue weighted by molar-refractivity contribution is 5.71. The van der Waals surface area contributed by atoms with E-state index in [0.717, 1.165) is 64.2 Å². The van der Waals surface area contributed by atoms with Gasteiger partial charge in [0.15, 0.2) is 6.10 Å². The van der Waals surface area contributed by atoms with Crippen LogP contribution in [0.1, 0.15) is 412 Å². The highest BCUT2D eigenvalue weighted by Gasteiger charge is 2.19. The molecule has 0 rings (SSSR count). The van der Waals surface area contributed by atoms with Crippen molar-refractivity contribution >= 4 is 17.9 Å². The van der Waals surface area contributed by atoms with Crippen molar-refractivity contribution in [3.8, 4) is 0 Å². The van der Waals surface area contributed by atoms with Crippen LogP contribution >= 0.6 is 0 Å². The second-order valence-electron chi connectivity index (χ2n) is 25.2. The van der Waals surface area contributed by atoms with E-state index in [1.165, 1.54) is 308 Å². The number of allylic oxidation sites excluding steroid dienone is 6. The summed E-state index contributed by atoms with van der Waals surface area (Å²) in [5, 5.41) is 0. The van der Waals surface area contributed by atoms with Crippen LogP contribution in [0.4, 0.5) is 0 Å². The third kappa shape index (κ3) is 68.4. The lowest BCUT2D eigenvalue weighted by atomic mass is 10.0. The first kappa shape index (κ1) is 79.6. The van der Waals surface area contributed by atoms with E-state index in [1.54, 1.807) is 0 Å². The maximum atomic E-state index is 13.0. The molecule has 1 atom stereocenters. The van der Waals surface area contributed by atoms with Crippen LogP contribution in [0.15, 0.2) is 36.5 Å². The average molecular weight is 1150 g/mol. The van der Waals surface area contributed by atoms with Crippen LogP contribution in [0.2, 0.25) is 0 Å². The molecule has 6 heteroatoms. The van der Waals surface area contributed by atoms with Crippen molar-refractivity contribution in [3.05, 3.63) is 36.5 Å². The zero-order chi connectivity index (χ0) is 59.2. The molecule has 0 aromatic heterocycles. The predicted molar refractivity (Wildman–Crippen MR) is 358 cm³/mol. The monoisotopic (exact) mass is 1150 g/mol. The summed E-state index contributed by atoms with van der Waals surface area (Å²) >= 11 is 0. The van der Waals surface area contributed by atoms with Gasteiger partial charge in [0.05, 0.1) is 0 Å². The normalized spacial score (nSPS) is 12.2. The van der Waals surface area contributed by atoms with Crippen molar-refractivity contribution in [3.63, 3.8) is 0 Å². The summed E-state index contributed by atoms with van der Waals surface area (Å²) in [5.41, 5.74) is 0. The summed E-state index contributed by atoms with van der Waals surface area (Å²) in [6, 6.07) is 0. The maximum Gasteiger partial charge on any atom is 0.306 e. The van der Waals surface area contributed by atoms with Crippen LogP contribution in [-0.2, 0) is 28.6 Å². The lowest BCUT2D eigenvalue weighted by molar-refractivity contribution is -0.167. The summed E-state index contributed by atoms with van der Waals surface area (Å²) in [7, 11) is 0. The number of ether oxygens (including phenoxy) is 3. The van der Waals surface area contributed by atoms with E-state index in [1.807, 2.05) is 0 Å². The van der Waals surface area contributed by atoms with E-state index in [2.05, 4.69) is 57.2 Å². The van der Waals surface area contributed by atoms with Crippen LogP contribution in [0.25, 0.3) is 0 Å². The first-order valence-corrected chi connectivity index (χ1v) is 37.0. The van der Waals surface area contributed by atoms with Gasteiger partial charge in [0.2, 0.25) is 0 Å². The largest absolute Gasteiger partial charge is 0.462 e. The fourth-order valence-corrected chi connectivity index (χ4v) is 11.3. The summed E-state index contributed by atoms with van der Waals surface area (Å²) < 4.78 is 17.0. The topological polar surface area (TPSA) is 78.9 Å². The van der Waals surface area contributed by atoms with E-state index in [-0.39, 0.29) is 31.1 Å². The van der Waals surface area contributed by atoms with Crippen molar-refractivity contribution in [1.82, 2.24) is 0 Å². The molecule has 1 unspecified atom stereocenters. The zero-order valence-electron chi connectivity index (χ0n) is 55.5. The number of rotatable bonds is 69. The van der Waals surface area contributed by atoms with Crippen LogP contribution in [0, 0.1) is 0 Å². The van der Waals surface area contributed by atoms with Gasteiger partial charge in [0.25, 0.3) is 0 Å². The summed E-state index contributed by atoms with van der Waals surface area (Å²) in [6.07, 6.45) is 89.1. The Hall–Kier alpha value is -2.37. The molecule has 0 spiro atoms. The minimum atomic E-state index is -0.775.